The van der Waals surface area contributed by atoms with Gasteiger partial charge in [0.1, 0.15) is 0 Å². The molecule has 0 N–H and O–H groups in total. The molecule has 1 heterocycles. The van der Waals surface area contributed by atoms with Crippen LogP contribution in [0.3, 0.4) is 0 Å². The van der Waals surface area contributed by atoms with Crippen LogP contribution in [0.15, 0.2) is 0 Å². The highest BCUT2D eigenvalue weighted by molar-refractivity contribution is 4.94. The van der Waals surface area contributed by atoms with Crippen LogP contribution in [0.1, 0.15) is 98.3 Å². The van der Waals surface area contributed by atoms with Gasteiger partial charge in [0.05, 0.1) is 0 Å². The lowest BCUT2D eigenvalue weighted by atomic mass is 9.72. The topological polar surface area (TPSA) is 3.01 Å². The van der Waals surface area contributed by atoms with Gasteiger partial charge in [-0.15, -0.1) is 0 Å². The van der Waals surface area contributed by atoms with Gasteiger partial charge in [-0.25, -0.2) is 0 Å². The molecule has 0 aromatic carbocycles. The van der Waals surface area contributed by atoms with Crippen LogP contribution in [0.4, 0.5) is 0 Å². The second kappa shape index (κ2) is 9.82. The van der Waals surface area contributed by atoms with Crippen LogP contribution < -0.4 is 0 Å². The van der Waals surface area contributed by atoms with E-state index >= 15 is 0 Å². The van der Waals surface area contributed by atoms with Crippen LogP contribution in [0.25, 0.3) is 0 Å². The summed E-state index contributed by atoms with van der Waals surface area (Å²) in [6.07, 6.45) is 15.5. The van der Waals surface area contributed by atoms with Crippen molar-refractivity contribution in [1.82, 2.24) is 4.90 Å². The van der Waals surface area contributed by atoms with Crippen LogP contribution >= 0.6 is 0 Å². The Morgan fingerprint density at radius 1 is 0.800 bits per heavy atom. The molecule has 1 unspecified atom stereocenters. The molecule has 0 amide bonds. The summed E-state index contributed by atoms with van der Waals surface area (Å²) in [5, 5.41) is 0. The molecule has 1 atom stereocenters. The quantitative estimate of drug-likeness (QED) is 0.294. The Hall–Kier alpha value is -0.0400. The van der Waals surface area contributed by atoms with Gasteiger partial charge in [0.2, 0.25) is 0 Å². The van der Waals surface area contributed by atoms with Crippen molar-refractivity contribution in [2.75, 3.05) is 13.1 Å². The molecule has 120 valence electrons. The van der Waals surface area contributed by atoms with E-state index in [1.807, 2.05) is 0 Å². The summed E-state index contributed by atoms with van der Waals surface area (Å²) >= 11 is 0. The minimum atomic E-state index is 0.578. The van der Waals surface area contributed by atoms with Gasteiger partial charge in [0, 0.05) is 19.1 Å². The van der Waals surface area contributed by atoms with E-state index in [2.05, 4.69) is 32.6 Å². The third-order valence-corrected chi connectivity index (χ3v) is 5.26. The molecule has 1 rings (SSSR count). The van der Waals surface area contributed by atoms with E-state index in [9.17, 15) is 0 Å². The van der Waals surface area contributed by atoms with E-state index in [-0.39, 0.29) is 0 Å². The van der Waals surface area contributed by atoms with Crippen molar-refractivity contribution in [3.63, 3.8) is 0 Å². The van der Waals surface area contributed by atoms with E-state index in [1.54, 1.807) is 0 Å². The third kappa shape index (κ3) is 6.16. The van der Waals surface area contributed by atoms with Gasteiger partial charge in [0.25, 0.3) is 0 Å². The predicted molar refractivity (Wildman–Crippen MR) is 91.3 cm³/mol. The van der Waals surface area contributed by atoms with Gasteiger partial charge in [-0.1, -0.05) is 79.1 Å². The summed E-state index contributed by atoms with van der Waals surface area (Å²) in [5.41, 5.74) is 0.578. The van der Waals surface area contributed by atoms with Gasteiger partial charge in [0.15, 0.2) is 0 Å². The molecule has 0 aromatic heterocycles. The van der Waals surface area contributed by atoms with E-state index in [0.717, 1.165) is 6.04 Å². The number of hydrogen-bond donors (Lipinski definition) is 0. The third-order valence-electron chi connectivity index (χ3n) is 5.26. The average molecular weight is 282 g/mol. The monoisotopic (exact) mass is 281 g/mol. The molecule has 1 aliphatic rings. The van der Waals surface area contributed by atoms with E-state index in [4.69, 9.17) is 0 Å². The standard InChI is InChI=1S/C19H39N/c1-5-8-11-12-13-18(20-16-17-20)19(4,14-9-6-2)15-10-7-3/h18H,5-17H2,1-4H3. The van der Waals surface area contributed by atoms with Gasteiger partial charge in [-0.05, 0) is 24.7 Å². The highest BCUT2D eigenvalue weighted by Gasteiger charge is 2.40. The molecule has 20 heavy (non-hydrogen) atoms. The molecular formula is C19H39N. The molecular weight excluding hydrogens is 242 g/mol. The van der Waals surface area contributed by atoms with Crippen molar-refractivity contribution in [2.24, 2.45) is 5.41 Å². The van der Waals surface area contributed by atoms with Crippen molar-refractivity contribution < 1.29 is 0 Å². The number of unbranched alkanes of at least 4 members (excludes halogenated alkanes) is 5. The van der Waals surface area contributed by atoms with Crippen LogP contribution in [0.2, 0.25) is 0 Å². The summed E-state index contributed by atoms with van der Waals surface area (Å²) in [7, 11) is 0. The fraction of sp³-hybridized carbons (Fsp3) is 1.00. The summed E-state index contributed by atoms with van der Waals surface area (Å²) in [6.45, 7) is 12.3. The molecule has 0 bridgehead atoms. The molecule has 0 radical (unpaired) electrons. The zero-order valence-electron chi connectivity index (χ0n) is 14.7. The second-order valence-corrected chi connectivity index (χ2v) is 7.26. The smallest absolute Gasteiger partial charge is 0.0150 e. The van der Waals surface area contributed by atoms with E-state index < -0.39 is 0 Å². The molecule has 1 aliphatic heterocycles. The van der Waals surface area contributed by atoms with E-state index in [0.29, 0.717) is 5.41 Å². The Labute approximate surface area is 128 Å². The Morgan fingerprint density at radius 2 is 1.35 bits per heavy atom. The van der Waals surface area contributed by atoms with Crippen LogP contribution in [-0.4, -0.2) is 24.0 Å². The number of rotatable bonds is 13. The fourth-order valence-electron chi connectivity index (χ4n) is 3.73. The molecule has 1 nitrogen and oxygen atoms in total. The first kappa shape index (κ1) is 18.0. The summed E-state index contributed by atoms with van der Waals surface area (Å²) < 4.78 is 0. The Kier molecular flexibility index (Phi) is 8.84. The highest BCUT2D eigenvalue weighted by Crippen LogP contribution is 2.41. The highest BCUT2D eigenvalue weighted by atomic mass is 15.3. The van der Waals surface area contributed by atoms with Gasteiger partial charge in [-0.2, -0.15) is 0 Å². The number of nitrogens with zero attached hydrogens (tertiary/aromatic N) is 1. The van der Waals surface area contributed by atoms with Crippen LogP contribution in [0, 0.1) is 5.41 Å². The average Bonchev–Trinajstić information content (AvgIpc) is 3.27. The zero-order chi connectivity index (χ0) is 14.8. The van der Waals surface area contributed by atoms with Crippen molar-refractivity contribution in [2.45, 2.75) is 104 Å². The largest absolute Gasteiger partial charge is 0.297 e. The lowest BCUT2D eigenvalue weighted by Gasteiger charge is -2.39. The Balaban J connectivity index is 2.55. The van der Waals surface area contributed by atoms with Gasteiger partial charge < -0.3 is 0 Å². The summed E-state index contributed by atoms with van der Waals surface area (Å²) in [4.78, 5) is 2.76. The zero-order valence-corrected chi connectivity index (χ0v) is 14.7. The SMILES string of the molecule is CCCCCCC(N1CC1)C(C)(CCCC)CCCC. The van der Waals surface area contributed by atoms with Gasteiger partial charge in [-0.3, -0.25) is 4.90 Å². The lowest BCUT2D eigenvalue weighted by molar-refractivity contribution is 0.118. The maximum atomic E-state index is 2.76. The van der Waals surface area contributed by atoms with Crippen molar-refractivity contribution in [1.29, 1.82) is 0 Å². The molecule has 1 fully saturated rings. The van der Waals surface area contributed by atoms with Crippen molar-refractivity contribution in [3.8, 4) is 0 Å². The Morgan fingerprint density at radius 3 is 1.80 bits per heavy atom. The van der Waals surface area contributed by atoms with Crippen molar-refractivity contribution in [3.05, 3.63) is 0 Å². The minimum Gasteiger partial charge on any atom is -0.297 e. The maximum Gasteiger partial charge on any atom is 0.0150 e. The van der Waals surface area contributed by atoms with E-state index in [1.165, 1.54) is 83.7 Å². The second-order valence-electron chi connectivity index (χ2n) is 7.26. The first-order chi connectivity index (χ1) is 9.68. The first-order valence-corrected chi connectivity index (χ1v) is 9.42. The molecule has 0 spiro atoms. The minimum absolute atomic E-state index is 0.578. The van der Waals surface area contributed by atoms with Crippen LogP contribution in [-0.2, 0) is 0 Å². The molecule has 0 saturated carbocycles. The van der Waals surface area contributed by atoms with Gasteiger partial charge >= 0.3 is 0 Å². The first-order valence-electron chi connectivity index (χ1n) is 9.42. The lowest BCUT2D eigenvalue weighted by Crippen LogP contribution is -2.38. The normalized spacial score (nSPS) is 17.4. The molecule has 0 aliphatic carbocycles. The predicted octanol–water partition coefficient (Wildman–Crippen LogP) is 6.03. The molecule has 0 aromatic rings. The number of hydrogen-bond acceptors (Lipinski definition) is 1. The fourth-order valence-corrected chi connectivity index (χ4v) is 3.73. The summed E-state index contributed by atoms with van der Waals surface area (Å²) in [5.74, 6) is 0. The molecule has 1 heteroatoms. The molecule has 1 saturated heterocycles. The maximum absolute atomic E-state index is 2.76. The van der Waals surface area contributed by atoms with Crippen molar-refractivity contribution >= 4 is 0 Å². The Bertz CT molecular complexity index is 224. The summed E-state index contributed by atoms with van der Waals surface area (Å²) in [6, 6.07) is 0.873. The van der Waals surface area contributed by atoms with Crippen LogP contribution in [0.5, 0.6) is 0 Å².